The van der Waals surface area contributed by atoms with Crippen molar-refractivity contribution in [3.8, 4) is 6.07 Å². The van der Waals surface area contributed by atoms with Gasteiger partial charge in [0.1, 0.15) is 5.82 Å². The first kappa shape index (κ1) is 12.3. The van der Waals surface area contributed by atoms with Gasteiger partial charge in [0.05, 0.1) is 17.0 Å². The molecule has 2 rings (SSSR count). The van der Waals surface area contributed by atoms with Crippen LogP contribution in [0.5, 0.6) is 0 Å². The lowest BCUT2D eigenvalue weighted by Gasteiger charge is -2.15. The Balaban J connectivity index is 1.93. The number of nitriles is 1. The number of nitrogens with one attached hydrogen (secondary N) is 1. The van der Waals surface area contributed by atoms with Crippen LogP contribution in [-0.4, -0.2) is 6.04 Å². The second-order valence-corrected chi connectivity index (χ2v) is 4.81. The molecule has 1 N–H and O–H groups in total. The molecule has 0 bridgehead atoms. The number of hydrogen-bond donors (Lipinski definition) is 1. The van der Waals surface area contributed by atoms with Gasteiger partial charge in [-0.2, -0.15) is 5.26 Å². The Labute approximate surface area is 105 Å². The lowest BCUT2D eigenvalue weighted by atomic mass is 10.1. The minimum atomic E-state index is -0.394. The molecule has 0 radical (unpaired) electrons. The topological polar surface area (TPSA) is 35.8 Å². The molecule has 0 spiro atoms. The van der Waals surface area contributed by atoms with Gasteiger partial charge in [-0.3, -0.25) is 0 Å². The van der Waals surface area contributed by atoms with Gasteiger partial charge in [0.15, 0.2) is 0 Å². The van der Waals surface area contributed by atoms with Gasteiger partial charge in [-0.15, -0.1) is 0 Å². The maximum atomic E-state index is 13.2. The second-order valence-electron chi connectivity index (χ2n) is 4.40. The maximum Gasteiger partial charge on any atom is 0.142 e. The van der Waals surface area contributed by atoms with E-state index in [-0.39, 0.29) is 17.0 Å². The quantitative estimate of drug-likeness (QED) is 0.896. The van der Waals surface area contributed by atoms with Gasteiger partial charge < -0.3 is 5.32 Å². The number of halogens is 2. The molecule has 1 aliphatic carbocycles. The molecule has 1 saturated carbocycles. The molecule has 2 nitrogen and oxygen atoms in total. The Morgan fingerprint density at radius 3 is 3.00 bits per heavy atom. The zero-order chi connectivity index (χ0) is 12.3. The first-order chi connectivity index (χ1) is 8.20. The lowest BCUT2D eigenvalue weighted by Crippen LogP contribution is -2.31. The van der Waals surface area contributed by atoms with Crippen LogP contribution in [0.25, 0.3) is 0 Å². The van der Waals surface area contributed by atoms with Crippen molar-refractivity contribution in [3.05, 3.63) is 34.6 Å². The highest BCUT2D eigenvalue weighted by atomic mass is 35.5. The summed E-state index contributed by atoms with van der Waals surface area (Å²) in [5.41, 5.74) is 0.857. The van der Waals surface area contributed by atoms with Crippen molar-refractivity contribution in [1.82, 2.24) is 5.32 Å². The molecule has 0 saturated heterocycles. The third-order valence-corrected chi connectivity index (χ3v) is 3.54. The first-order valence-electron chi connectivity index (χ1n) is 5.77. The maximum absolute atomic E-state index is 13.2. The molecule has 1 aromatic carbocycles. The summed E-state index contributed by atoms with van der Waals surface area (Å²) in [6.07, 6.45) is 3.07. The van der Waals surface area contributed by atoms with Crippen molar-refractivity contribution < 1.29 is 4.39 Å². The Hall–Kier alpha value is -1.11. The van der Waals surface area contributed by atoms with Crippen LogP contribution in [-0.2, 0) is 6.54 Å². The molecule has 4 heteroatoms. The monoisotopic (exact) mass is 252 g/mol. The van der Waals surface area contributed by atoms with Crippen LogP contribution in [0.15, 0.2) is 18.2 Å². The Kier molecular flexibility index (Phi) is 3.98. The van der Waals surface area contributed by atoms with E-state index in [9.17, 15) is 4.39 Å². The van der Waals surface area contributed by atoms with E-state index in [2.05, 4.69) is 11.4 Å². The third-order valence-electron chi connectivity index (χ3n) is 3.23. The summed E-state index contributed by atoms with van der Waals surface area (Å²) >= 11 is 5.62. The van der Waals surface area contributed by atoms with E-state index in [1.807, 2.05) is 0 Å². The second kappa shape index (κ2) is 5.48. The molecule has 0 amide bonds. The van der Waals surface area contributed by atoms with Gasteiger partial charge in [0.2, 0.25) is 0 Å². The summed E-state index contributed by atoms with van der Waals surface area (Å²) in [5.74, 6) is -0.304. The van der Waals surface area contributed by atoms with Crippen LogP contribution in [0.4, 0.5) is 4.39 Å². The third kappa shape index (κ3) is 2.96. The SMILES string of the molecule is N#CC1CCCC1NCc1ccc(Cl)c(F)c1. The van der Waals surface area contributed by atoms with Crippen LogP contribution >= 0.6 is 11.6 Å². The number of nitrogens with zero attached hydrogens (tertiary/aromatic N) is 1. The Morgan fingerprint density at radius 2 is 2.29 bits per heavy atom. The molecule has 90 valence electrons. The summed E-state index contributed by atoms with van der Waals surface area (Å²) in [5, 5.41) is 12.4. The lowest BCUT2D eigenvalue weighted by molar-refractivity contribution is 0.464. The van der Waals surface area contributed by atoms with Gasteiger partial charge in [-0.05, 0) is 30.5 Å². The van der Waals surface area contributed by atoms with E-state index < -0.39 is 5.82 Å². The molecule has 17 heavy (non-hydrogen) atoms. The van der Waals surface area contributed by atoms with Crippen LogP contribution in [0, 0.1) is 23.1 Å². The number of benzene rings is 1. The fourth-order valence-electron chi connectivity index (χ4n) is 2.26. The fourth-order valence-corrected chi connectivity index (χ4v) is 2.37. The average Bonchev–Trinajstić information content (AvgIpc) is 2.78. The average molecular weight is 253 g/mol. The summed E-state index contributed by atoms with van der Waals surface area (Å²) in [6, 6.07) is 7.34. The summed E-state index contributed by atoms with van der Waals surface area (Å²) in [6.45, 7) is 0.580. The van der Waals surface area contributed by atoms with Gasteiger partial charge in [0, 0.05) is 12.6 Å². The van der Waals surface area contributed by atoms with E-state index in [0.29, 0.717) is 6.54 Å². The van der Waals surface area contributed by atoms with Gasteiger partial charge >= 0.3 is 0 Å². The highest BCUT2D eigenvalue weighted by molar-refractivity contribution is 6.30. The fraction of sp³-hybridized carbons (Fsp3) is 0.462. The molecule has 2 unspecified atom stereocenters. The largest absolute Gasteiger partial charge is 0.309 e. The van der Waals surface area contributed by atoms with Crippen molar-refractivity contribution in [2.24, 2.45) is 5.92 Å². The predicted octanol–water partition coefficient (Wildman–Crippen LogP) is 3.26. The predicted molar refractivity (Wildman–Crippen MR) is 65.0 cm³/mol. The van der Waals surface area contributed by atoms with Crippen LogP contribution in [0.2, 0.25) is 5.02 Å². The highest BCUT2D eigenvalue weighted by Crippen LogP contribution is 2.25. The first-order valence-corrected chi connectivity index (χ1v) is 6.15. The van der Waals surface area contributed by atoms with E-state index in [1.165, 1.54) is 6.07 Å². The molecule has 2 atom stereocenters. The molecule has 0 heterocycles. The molecule has 1 aromatic rings. The van der Waals surface area contributed by atoms with Crippen molar-refractivity contribution >= 4 is 11.6 Å². The van der Waals surface area contributed by atoms with Gasteiger partial charge in [-0.1, -0.05) is 24.1 Å². The van der Waals surface area contributed by atoms with Gasteiger partial charge in [0.25, 0.3) is 0 Å². The van der Waals surface area contributed by atoms with E-state index in [0.717, 1.165) is 24.8 Å². The normalized spacial score (nSPS) is 23.6. The smallest absolute Gasteiger partial charge is 0.142 e. The number of rotatable bonds is 3. The highest BCUT2D eigenvalue weighted by Gasteiger charge is 2.26. The molecular formula is C13H14ClFN2. The van der Waals surface area contributed by atoms with Crippen molar-refractivity contribution in [2.75, 3.05) is 0 Å². The molecular weight excluding hydrogens is 239 g/mol. The van der Waals surface area contributed by atoms with E-state index >= 15 is 0 Å². The summed E-state index contributed by atoms with van der Waals surface area (Å²) in [7, 11) is 0. The molecule has 0 aromatic heterocycles. The van der Waals surface area contributed by atoms with Crippen LogP contribution in [0.1, 0.15) is 24.8 Å². The standard InChI is InChI=1S/C13H14ClFN2/c14-11-5-4-9(6-12(11)15)8-17-13-3-1-2-10(13)7-16/h4-6,10,13,17H,1-3,8H2. The minimum absolute atomic E-state index is 0.0900. The van der Waals surface area contributed by atoms with Crippen molar-refractivity contribution in [1.29, 1.82) is 5.26 Å². The molecule has 1 aliphatic rings. The molecule has 1 fully saturated rings. The molecule has 0 aliphatic heterocycles. The number of hydrogen-bond acceptors (Lipinski definition) is 2. The zero-order valence-electron chi connectivity index (χ0n) is 9.42. The van der Waals surface area contributed by atoms with Crippen molar-refractivity contribution in [3.63, 3.8) is 0 Å². The summed E-state index contributed by atoms with van der Waals surface area (Å²) in [4.78, 5) is 0. The van der Waals surface area contributed by atoms with Crippen molar-refractivity contribution in [2.45, 2.75) is 31.8 Å². The van der Waals surface area contributed by atoms with E-state index in [1.54, 1.807) is 12.1 Å². The minimum Gasteiger partial charge on any atom is -0.309 e. The van der Waals surface area contributed by atoms with Crippen LogP contribution < -0.4 is 5.32 Å². The van der Waals surface area contributed by atoms with Gasteiger partial charge in [-0.25, -0.2) is 4.39 Å². The van der Waals surface area contributed by atoms with E-state index in [4.69, 9.17) is 16.9 Å². The zero-order valence-corrected chi connectivity index (χ0v) is 10.2. The Bertz CT molecular complexity index is 442. The Morgan fingerprint density at radius 1 is 1.47 bits per heavy atom. The van der Waals surface area contributed by atoms with Crippen LogP contribution in [0.3, 0.4) is 0 Å². The summed E-state index contributed by atoms with van der Waals surface area (Å²) < 4.78 is 13.2.